The Hall–Kier alpha value is -2.88. The number of nitrogens with one attached hydrogen (secondary N) is 2. The van der Waals surface area contributed by atoms with Crippen molar-refractivity contribution in [3.8, 4) is 11.1 Å². The van der Waals surface area contributed by atoms with E-state index in [1.54, 1.807) is 18.5 Å². The zero-order valence-electron chi connectivity index (χ0n) is 11.6. The van der Waals surface area contributed by atoms with Crippen LogP contribution < -0.4 is 5.32 Å². The number of anilines is 1. The molecular weight excluding hydrogens is 262 g/mol. The van der Waals surface area contributed by atoms with Crippen LogP contribution in [0, 0.1) is 6.92 Å². The third kappa shape index (κ3) is 3.00. The van der Waals surface area contributed by atoms with E-state index in [-0.39, 0.29) is 5.91 Å². The Morgan fingerprint density at radius 2 is 1.95 bits per heavy atom. The predicted molar refractivity (Wildman–Crippen MR) is 83.2 cm³/mol. The van der Waals surface area contributed by atoms with Crippen LogP contribution in [0.3, 0.4) is 0 Å². The van der Waals surface area contributed by atoms with E-state index in [1.807, 2.05) is 49.4 Å². The number of benzene rings is 2. The molecule has 21 heavy (non-hydrogen) atoms. The van der Waals surface area contributed by atoms with Gasteiger partial charge in [-0.15, -0.1) is 0 Å². The Kier molecular flexibility index (Phi) is 3.51. The molecule has 0 aliphatic heterocycles. The second kappa shape index (κ2) is 5.63. The highest BCUT2D eigenvalue weighted by Gasteiger charge is 2.08. The van der Waals surface area contributed by atoms with Gasteiger partial charge in [-0.05, 0) is 42.3 Å². The summed E-state index contributed by atoms with van der Waals surface area (Å²) in [6.07, 6.45) is 3.54. The fourth-order valence-corrected chi connectivity index (χ4v) is 2.17. The van der Waals surface area contributed by atoms with E-state index in [0.717, 1.165) is 22.4 Å². The number of amides is 1. The molecule has 3 aromatic rings. The van der Waals surface area contributed by atoms with Gasteiger partial charge in [-0.3, -0.25) is 9.89 Å². The minimum Gasteiger partial charge on any atom is -0.322 e. The maximum atomic E-state index is 12.3. The SMILES string of the molecule is Cc1cccc(NC(=O)c2cccc(-c3cn[nH]c3)c2)c1. The van der Waals surface area contributed by atoms with Crippen LogP contribution >= 0.6 is 0 Å². The second-order valence-corrected chi connectivity index (χ2v) is 4.89. The van der Waals surface area contributed by atoms with Crippen molar-refractivity contribution in [2.75, 3.05) is 5.32 Å². The summed E-state index contributed by atoms with van der Waals surface area (Å²) in [6.45, 7) is 2.00. The molecule has 0 spiro atoms. The molecule has 0 atom stereocenters. The Bertz CT molecular complexity index is 763. The summed E-state index contributed by atoms with van der Waals surface area (Å²) in [4.78, 5) is 12.3. The maximum absolute atomic E-state index is 12.3. The summed E-state index contributed by atoms with van der Waals surface area (Å²) in [5, 5.41) is 9.61. The number of H-pyrrole nitrogens is 1. The highest BCUT2D eigenvalue weighted by molar-refractivity contribution is 6.04. The highest BCUT2D eigenvalue weighted by Crippen LogP contribution is 2.19. The van der Waals surface area contributed by atoms with Crippen molar-refractivity contribution in [3.05, 3.63) is 72.1 Å². The first-order chi connectivity index (χ1) is 10.2. The zero-order valence-corrected chi connectivity index (χ0v) is 11.6. The second-order valence-electron chi connectivity index (χ2n) is 4.89. The van der Waals surface area contributed by atoms with Crippen molar-refractivity contribution in [2.45, 2.75) is 6.92 Å². The van der Waals surface area contributed by atoms with E-state index in [0.29, 0.717) is 5.56 Å². The number of carbonyl (C=O) groups excluding carboxylic acids is 1. The predicted octanol–water partition coefficient (Wildman–Crippen LogP) is 3.64. The van der Waals surface area contributed by atoms with Crippen molar-refractivity contribution >= 4 is 11.6 Å². The van der Waals surface area contributed by atoms with Gasteiger partial charge in [-0.2, -0.15) is 5.10 Å². The molecule has 1 aromatic heterocycles. The molecule has 0 saturated heterocycles. The molecule has 0 aliphatic carbocycles. The fourth-order valence-electron chi connectivity index (χ4n) is 2.17. The molecule has 3 rings (SSSR count). The van der Waals surface area contributed by atoms with Crippen molar-refractivity contribution < 1.29 is 4.79 Å². The van der Waals surface area contributed by atoms with Gasteiger partial charge >= 0.3 is 0 Å². The zero-order chi connectivity index (χ0) is 14.7. The van der Waals surface area contributed by atoms with Crippen LogP contribution in [-0.4, -0.2) is 16.1 Å². The monoisotopic (exact) mass is 277 g/mol. The van der Waals surface area contributed by atoms with Gasteiger partial charge in [-0.25, -0.2) is 0 Å². The lowest BCUT2D eigenvalue weighted by Crippen LogP contribution is -2.11. The Balaban J connectivity index is 1.83. The summed E-state index contributed by atoms with van der Waals surface area (Å²) >= 11 is 0. The molecule has 1 amide bonds. The molecular formula is C17H15N3O. The molecule has 4 heteroatoms. The van der Waals surface area contributed by atoms with Crippen molar-refractivity contribution in [1.29, 1.82) is 0 Å². The molecule has 2 N–H and O–H groups in total. The summed E-state index contributed by atoms with van der Waals surface area (Å²) in [5.41, 5.74) is 4.45. The topological polar surface area (TPSA) is 57.8 Å². The number of hydrogen-bond donors (Lipinski definition) is 2. The average Bonchev–Trinajstić information content (AvgIpc) is 3.02. The molecule has 0 fully saturated rings. The van der Waals surface area contributed by atoms with Crippen molar-refractivity contribution in [3.63, 3.8) is 0 Å². The largest absolute Gasteiger partial charge is 0.322 e. The van der Waals surface area contributed by atoms with Crippen molar-refractivity contribution in [2.24, 2.45) is 0 Å². The van der Waals surface area contributed by atoms with E-state index in [9.17, 15) is 4.79 Å². The molecule has 0 saturated carbocycles. The summed E-state index contributed by atoms with van der Waals surface area (Å²) in [7, 11) is 0. The first-order valence-electron chi connectivity index (χ1n) is 6.69. The molecule has 0 unspecified atom stereocenters. The third-order valence-electron chi connectivity index (χ3n) is 3.23. The number of aromatic amines is 1. The van der Waals surface area contributed by atoms with Gasteiger partial charge in [0.25, 0.3) is 5.91 Å². The van der Waals surface area contributed by atoms with Crippen LogP contribution in [-0.2, 0) is 0 Å². The van der Waals surface area contributed by atoms with Crippen LogP contribution in [0.5, 0.6) is 0 Å². The number of aromatic nitrogens is 2. The molecule has 4 nitrogen and oxygen atoms in total. The van der Waals surface area contributed by atoms with Crippen LogP contribution in [0.15, 0.2) is 60.9 Å². The molecule has 1 heterocycles. The molecule has 104 valence electrons. The van der Waals surface area contributed by atoms with Gasteiger partial charge in [-0.1, -0.05) is 24.3 Å². The summed E-state index contributed by atoms with van der Waals surface area (Å²) < 4.78 is 0. The first kappa shape index (κ1) is 13.1. The Morgan fingerprint density at radius 1 is 1.10 bits per heavy atom. The van der Waals surface area contributed by atoms with Crippen LogP contribution in [0.1, 0.15) is 15.9 Å². The van der Waals surface area contributed by atoms with Gasteiger partial charge < -0.3 is 5.32 Å². The van der Waals surface area contributed by atoms with Crippen LogP contribution in [0.4, 0.5) is 5.69 Å². The van der Waals surface area contributed by atoms with Gasteiger partial charge in [0.15, 0.2) is 0 Å². The fraction of sp³-hybridized carbons (Fsp3) is 0.0588. The van der Waals surface area contributed by atoms with E-state index in [1.165, 1.54) is 0 Å². The normalized spacial score (nSPS) is 10.3. The van der Waals surface area contributed by atoms with E-state index < -0.39 is 0 Å². The highest BCUT2D eigenvalue weighted by atomic mass is 16.1. The lowest BCUT2D eigenvalue weighted by Gasteiger charge is -2.07. The van der Waals surface area contributed by atoms with Crippen LogP contribution in [0.2, 0.25) is 0 Å². The van der Waals surface area contributed by atoms with E-state index >= 15 is 0 Å². The van der Waals surface area contributed by atoms with Gasteiger partial charge in [0, 0.05) is 23.0 Å². The molecule has 0 bridgehead atoms. The summed E-state index contributed by atoms with van der Waals surface area (Å²) in [6, 6.07) is 15.2. The number of nitrogens with zero attached hydrogens (tertiary/aromatic N) is 1. The molecule has 0 radical (unpaired) electrons. The molecule has 2 aromatic carbocycles. The minimum atomic E-state index is -0.119. The lowest BCUT2D eigenvalue weighted by atomic mass is 10.1. The Morgan fingerprint density at radius 3 is 2.71 bits per heavy atom. The smallest absolute Gasteiger partial charge is 0.255 e. The minimum absolute atomic E-state index is 0.119. The van der Waals surface area contributed by atoms with Gasteiger partial charge in [0.05, 0.1) is 6.20 Å². The third-order valence-corrected chi connectivity index (χ3v) is 3.23. The number of aryl methyl sites for hydroxylation is 1. The van der Waals surface area contributed by atoms with Gasteiger partial charge in [0.2, 0.25) is 0 Å². The first-order valence-corrected chi connectivity index (χ1v) is 6.69. The van der Waals surface area contributed by atoms with Gasteiger partial charge in [0.1, 0.15) is 0 Å². The maximum Gasteiger partial charge on any atom is 0.255 e. The van der Waals surface area contributed by atoms with Crippen LogP contribution in [0.25, 0.3) is 11.1 Å². The number of rotatable bonds is 3. The van der Waals surface area contributed by atoms with Crippen molar-refractivity contribution in [1.82, 2.24) is 10.2 Å². The standard InChI is InChI=1S/C17H15N3O/c1-12-4-2-7-16(8-12)20-17(21)14-6-3-5-13(9-14)15-10-18-19-11-15/h2-11H,1H3,(H,18,19)(H,20,21). The summed E-state index contributed by atoms with van der Waals surface area (Å²) in [5.74, 6) is -0.119. The average molecular weight is 277 g/mol. The Labute approximate surface area is 122 Å². The quantitative estimate of drug-likeness (QED) is 0.768. The lowest BCUT2D eigenvalue weighted by molar-refractivity contribution is 0.102. The van der Waals surface area contributed by atoms with E-state index in [4.69, 9.17) is 0 Å². The van der Waals surface area contributed by atoms with E-state index in [2.05, 4.69) is 15.5 Å². The number of hydrogen-bond acceptors (Lipinski definition) is 2. The molecule has 0 aliphatic rings. The number of carbonyl (C=O) groups is 1.